The number of nitrogens with zero attached hydrogens (tertiary/aromatic N) is 2. The molecule has 0 saturated carbocycles. The quantitative estimate of drug-likeness (QED) is 0.862. The number of nitrogens with two attached hydrogens (primary N) is 1. The fourth-order valence-corrected chi connectivity index (χ4v) is 1.66. The number of nitrogen functional groups attached to an aromatic ring is 1. The molecule has 0 radical (unpaired) electrons. The lowest BCUT2D eigenvalue weighted by Gasteiger charge is -2.08. The number of ether oxygens (including phenoxy) is 1. The lowest BCUT2D eigenvalue weighted by atomic mass is 10.3. The highest BCUT2D eigenvalue weighted by Gasteiger charge is 2.00. The van der Waals surface area contributed by atoms with E-state index in [9.17, 15) is 0 Å². The SMILES string of the molecule is CCCOc1ccc(Nc2cc(N)nc(C)n2)cc1. The number of rotatable bonds is 5. The van der Waals surface area contributed by atoms with Gasteiger partial charge in [-0.1, -0.05) is 6.92 Å². The van der Waals surface area contributed by atoms with Crippen LogP contribution in [0.1, 0.15) is 19.2 Å². The third-order valence-electron chi connectivity index (χ3n) is 2.46. The number of benzene rings is 1. The van der Waals surface area contributed by atoms with Crippen molar-refractivity contribution in [1.82, 2.24) is 9.97 Å². The smallest absolute Gasteiger partial charge is 0.136 e. The molecule has 0 aliphatic carbocycles. The van der Waals surface area contributed by atoms with Gasteiger partial charge in [0.1, 0.15) is 23.2 Å². The van der Waals surface area contributed by atoms with Crippen LogP contribution in [0.3, 0.4) is 0 Å². The molecule has 0 atom stereocenters. The zero-order valence-electron chi connectivity index (χ0n) is 11.2. The Morgan fingerprint density at radius 3 is 2.58 bits per heavy atom. The molecule has 0 aliphatic heterocycles. The zero-order chi connectivity index (χ0) is 13.7. The monoisotopic (exact) mass is 258 g/mol. The van der Waals surface area contributed by atoms with Crippen LogP contribution in [0, 0.1) is 6.92 Å². The Kier molecular flexibility index (Phi) is 4.18. The van der Waals surface area contributed by atoms with Gasteiger partial charge in [-0.25, -0.2) is 9.97 Å². The number of hydrogen-bond acceptors (Lipinski definition) is 5. The second-order valence-electron chi connectivity index (χ2n) is 4.22. The molecule has 0 spiro atoms. The average Bonchev–Trinajstić information content (AvgIpc) is 2.37. The van der Waals surface area contributed by atoms with Crippen molar-refractivity contribution in [3.8, 4) is 5.75 Å². The zero-order valence-corrected chi connectivity index (χ0v) is 11.2. The molecule has 2 aromatic rings. The van der Waals surface area contributed by atoms with Gasteiger partial charge in [0.2, 0.25) is 0 Å². The highest BCUT2D eigenvalue weighted by molar-refractivity contribution is 5.59. The second-order valence-corrected chi connectivity index (χ2v) is 4.22. The molecular formula is C14H18N4O. The van der Waals surface area contributed by atoms with Crippen LogP contribution in [-0.4, -0.2) is 16.6 Å². The number of nitrogens with one attached hydrogen (secondary N) is 1. The molecule has 0 aliphatic rings. The summed E-state index contributed by atoms with van der Waals surface area (Å²) in [6.45, 7) is 4.62. The van der Waals surface area contributed by atoms with Crippen molar-refractivity contribution in [3.63, 3.8) is 0 Å². The normalized spacial score (nSPS) is 10.2. The van der Waals surface area contributed by atoms with E-state index in [1.54, 1.807) is 6.07 Å². The largest absolute Gasteiger partial charge is 0.494 e. The molecule has 2 rings (SSSR count). The van der Waals surface area contributed by atoms with Crippen LogP contribution in [0.15, 0.2) is 30.3 Å². The third kappa shape index (κ3) is 3.84. The molecule has 5 heteroatoms. The van der Waals surface area contributed by atoms with Crippen molar-refractivity contribution in [3.05, 3.63) is 36.2 Å². The predicted molar refractivity (Wildman–Crippen MR) is 76.7 cm³/mol. The molecular weight excluding hydrogens is 240 g/mol. The first kappa shape index (κ1) is 13.1. The summed E-state index contributed by atoms with van der Waals surface area (Å²) < 4.78 is 5.53. The van der Waals surface area contributed by atoms with Gasteiger partial charge in [-0.2, -0.15) is 0 Å². The van der Waals surface area contributed by atoms with Gasteiger partial charge < -0.3 is 15.8 Å². The Labute approximate surface area is 112 Å². The van der Waals surface area contributed by atoms with Crippen LogP contribution in [0.4, 0.5) is 17.3 Å². The van der Waals surface area contributed by atoms with Crippen molar-refractivity contribution >= 4 is 17.3 Å². The van der Waals surface area contributed by atoms with Gasteiger partial charge in [0.25, 0.3) is 0 Å². The van der Waals surface area contributed by atoms with Crippen LogP contribution in [-0.2, 0) is 0 Å². The van der Waals surface area contributed by atoms with E-state index in [-0.39, 0.29) is 0 Å². The first-order chi connectivity index (χ1) is 9.17. The Morgan fingerprint density at radius 2 is 1.95 bits per heavy atom. The van der Waals surface area contributed by atoms with Crippen LogP contribution < -0.4 is 15.8 Å². The molecule has 3 N–H and O–H groups in total. The van der Waals surface area contributed by atoms with Gasteiger partial charge in [-0.05, 0) is 37.6 Å². The lowest BCUT2D eigenvalue weighted by Crippen LogP contribution is -2.00. The molecule has 100 valence electrons. The molecule has 1 heterocycles. The Hall–Kier alpha value is -2.30. The molecule has 19 heavy (non-hydrogen) atoms. The standard InChI is InChI=1S/C14H18N4O/c1-3-8-19-12-6-4-11(5-7-12)18-14-9-13(15)16-10(2)17-14/h4-7,9H,3,8H2,1-2H3,(H3,15,16,17,18). The molecule has 0 unspecified atom stereocenters. The van der Waals surface area contributed by atoms with Gasteiger partial charge in [-0.3, -0.25) is 0 Å². The van der Waals surface area contributed by atoms with Crippen LogP contribution >= 0.6 is 0 Å². The third-order valence-corrected chi connectivity index (χ3v) is 2.46. The van der Waals surface area contributed by atoms with E-state index in [0.29, 0.717) is 17.5 Å². The van der Waals surface area contributed by atoms with Crippen LogP contribution in [0.5, 0.6) is 5.75 Å². The minimum Gasteiger partial charge on any atom is -0.494 e. The molecule has 1 aromatic carbocycles. The summed E-state index contributed by atoms with van der Waals surface area (Å²) in [6, 6.07) is 9.44. The fraction of sp³-hybridized carbons (Fsp3) is 0.286. The van der Waals surface area contributed by atoms with E-state index >= 15 is 0 Å². The van der Waals surface area contributed by atoms with E-state index in [0.717, 1.165) is 24.5 Å². The first-order valence-electron chi connectivity index (χ1n) is 6.28. The van der Waals surface area contributed by atoms with Gasteiger partial charge >= 0.3 is 0 Å². The summed E-state index contributed by atoms with van der Waals surface area (Å²) in [7, 11) is 0. The molecule has 0 fully saturated rings. The Bertz CT molecular complexity index is 519. The number of aryl methyl sites for hydroxylation is 1. The van der Waals surface area contributed by atoms with Gasteiger partial charge in [0, 0.05) is 11.8 Å². The second kappa shape index (κ2) is 6.04. The average molecular weight is 258 g/mol. The molecule has 1 aromatic heterocycles. The number of aromatic nitrogens is 2. The summed E-state index contributed by atoms with van der Waals surface area (Å²) in [5, 5.41) is 3.18. The van der Waals surface area contributed by atoms with E-state index < -0.39 is 0 Å². The summed E-state index contributed by atoms with van der Waals surface area (Å²) in [6.07, 6.45) is 0.999. The Balaban J connectivity index is 2.06. The molecule has 0 amide bonds. The van der Waals surface area contributed by atoms with Gasteiger partial charge in [-0.15, -0.1) is 0 Å². The summed E-state index contributed by atoms with van der Waals surface area (Å²) in [5.41, 5.74) is 6.61. The Morgan fingerprint density at radius 1 is 1.21 bits per heavy atom. The maximum absolute atomic E-state index is 5.68. The van der Waals surface area contributed by atoms with E-state index in [2.05, 4.69) is 22.2 Å². The van der Waals surface area contributed by atoms with Crippen molar-refractivity contribution in [1.29, 1.82) is 0 Å². The minimum atomic E-state index is 0.456. The predicted octanol–water partition coefficient (Wildman–Crippen LogP) is 2.90. The summed E-state index contributed by atoms with van der Waals surface area (Å²) >= 11 is 0. The minimum absolute atomic E-state index is 0.456. The maximum Gasteiger partial charge on any atom is 0.136 e. The van der Waals surface area contributed by atoms with Crippen molar-refractivity contribution in [2.24, 2.45) is 0 Å². The number of anilines is 3. The van der Waals surface area contributed by atoms with E-state index in [1.165, 1.54) is 0 Å². The first-order valence-corrected chi connectivity index (χ1v) is 6.28. The van der Waals surface area contributed by atoms with Crippen LogP contribution in [0.2, 0.25) is 0 Å². The highest BCUT2D eigenvalue weighted by atomic mass is 16.5. The molecule has 0 saturated heterocycles. The summed E-state index contributed by atoms with van der Waals surface area (Å²) in [5.74, 6) is 2.65. The molecule has 0 bridgehead atoms. The summed E-state index contributed by atoms with van der Waals surface area (Å²) in [4.78, 5) is 8.30. The lowest BCUT2D eigenvalue weighted by molar-refractivity contribution is 0.317. The molecule has 5 nitrogen and oxygen atoms in total. The van der Waals surface area contributed by atoms with Crippen molar-refractivity contribution < 1.29 is 4.74 Å². The van der Waals surface area contributed by atoms with E-state index in [4.69, 9.17) is 10.5 Å². The number of hydrogen-bond donors (Lipinski definition) is 2. The van der Waals surface area contributed by atoms with Crippen molar-refractivity contribution in [2.45, 2.75) is 20.3 Å². The van der Waals surface area contributed by atoms with E-state index in [1.807, 2.05) is 31.2 Å². The maximum atomic E-state index is 5.68. The van der Waals surface area contributed by atoms with Gasteiger partial charge in [0.05, 0.1) is 6.61 Å². The fourth-order valence-electron chi connectivity index (χ4n) is 1.66. The topological polar surface area (TPSA) is 73.1 Å². The van der Waals surface area contributed by atoms with Crippen LogP contribution in [0.25, 0.3) is 0 Å². The van der Waals surface area contributed by atoms with Gasteiger partial charge in [0.15, 0.2) is 0 Å². The highest BCUT2D eigenvalue weighted by Crippen LogP contribution is 2.19. The van der Waals surface area contributed by atoms with Crippen molar-refractivity contribution in [2.75, 3.05) is 17.7 Å².